The fourth-order valence-corrected chi connectivity index (χ4v) is 1.00. The van der Waals surface area contributed by atoms with Crippen LogP contribution in [-0.2, 0) is 0 Å². The summed E-state index contributed by atoms with van der Waals surface area (Å²) in [4.78, 5) is 0. The highest BCUT2D eigenvalue weighted by atomic mass is 13.8. The van der Waals surface area contributed by atoms with Crippen molar-refractivity contribution in [3.8, 4) is 0 Å². The minimum atomic E-state index is 1.21. The topological polar surface area (TPSA) is 0 Å². The van der Waals surface area contributed by atoms with Gasteiger partial charge in [0.25, 0.3) is 0 Å². The molecule has 0 radical (unpaired) electrons. The first kappa shape index (κ1) is 10.3. The van der Waals surface area contributed by atoms with E-state index in [2.05, 4.69) is 24.8 Å². The van der Waals surface area contributed by atoms with Crippen molar-refractivity contribution in [3.63, 3.8) is 0 Å². The van der Waals surface area contributed by atoms with Crippen molar-refractivity contribution in [3.05, 3.63) is 78.9 Å². The van der Waals surface area contributed by atoms with Gasteiger partial charge in [-0.2, -0.15) is 0 Å². The molecule has 0 saturated carbocycles. The van der Waals surface area contributed by atoms with E-state index < -0.39 is 0 Å². The molecule has 1 aromatic rings. The van der Waals surface area contributed by atoms with Crippen molar-refractivity contribution >= 4 is 6.08 Å². The van der Waals surface area contributed by atoms with E-state index in [1.165, 1.54) is 5.56 Å². The summed E-state index contributed by atoms with van der Waals surface area (Å²) < 4.78 is 0. The smallest absolute Gasteiger partial charge is 0.0257 e. The fraction of sp³-hybridized carbons (Fsp3) is 0. The van der Waals surface area contributed by atoms with Gasteiger partial charge in [-0.25, -0.2) is 0 Å². The van der Waals surface area contributed by atoms with Gasteiger partial charge in [-0.15, -0.1) is 0 Å². The minimum absolute atomic E-state index is 1.21. The van der Waals surface area contributed by atoms with E-state index in [4.69, 9.17) is 0 Å². The molecule has 0 spiro atoms. The zero-order valence-corrected chi connectivity index (χ0v) is 8.14. The molecule has 0 saturated heterocycles. The standard InChI is InChI=1S/C14H14/c1-2-3-4-5-6-8-11-14-12-9-7-10-13-14/h2-13H,1H2/b4-3+,6-5+,11-8+. The summed E-state index contributed by atoms with van der Waals surface area (Å²) in [5, 5.41) is 0. The average molecular weight is 182 g/mol. The van der Waals surface area contributed by atoms with E-state index in [9.17, 15) is 0 Å². The van der Waals surface area contributed by atoms with Gasteiger partial charge in [-0.05, 0) is 5.56 Å². The Morgan fingerprint density at radius 1 is 0.786 bits per heavy atom. The molecular formula is C14H14. The van der Waals surface area contributed by atoms with E-state index in [-0.39, 0.29) is 0 Å². The quantitative estimate of drug-likeness (QED) is 0.617. The normalized spacial score (nSPS) is 11.7. The van der Waals surface area contributed by atoms with Gasteiger partial charge in [-0.3, -0.25) is 0 Å². The van der Waals surface area contributed by atoms with E-state index in [1.54, 1.807) is 6.08 Å². The van der Waals surface area contributed by atoms with E-state index in [0.717, 1.165) is 0 Å². The second-order valence-electron chi connectivity index (χ2n) is 2.78. The molecule has 0 aromatic heterocycles. The second-order valence-corrected chi connectivity index (χ2v) is 2.78. The Balaban J connectivity index is 2.45. The zero-order chi connectivity index (χ0) is 10.1. The van der Waals surface area contributed by atoms with Crippen LogP contribution >= 0.6 is 0 Å². The van der Waals surface area contributed by atoms with E-state index in [0.29, 0.717) is 0 Å². The number of rotatable bonds is 4. The van der Waals surface area contributed by atoms with Gasteiger partial charge in [-0.1, -0.05) is 79.4 Å². The zero-order valence-electron chi connectivity index (χ0n) is 8.14. The van der Waals surface area contributed by atoms with Gasteiger partial charge in [0.05, 0.1) is 0 Å². The van der Waals surface area contributed by atoms with Crippen LogP contribution in [0.25, 0.3) is 6.08 Å². The van der Waals surface area contributed by atoms with Crippen molar-refractivity contribution in [1.82, 2.24) is 0 Å². The van der Waals surface area contributed by atoms with Crippen molar-refractivity contribution in [2.24, 2.45) is 0 Å². The monoisotopic (exact) mass is 182 g/mol. The Labute approximate surface area is 85.6 Å². The van der Waals surface area contributed by atoms with E-state index >= 15 is 0 Å². The third kappa shape index (κ3) is 4.27. The lowest BCUT2D eigenvalue weighted by molar-refractivity contribution is 1.66. The molecule has 0 aliphatic heterocycles. The van der Waals surface area contributed by atoms with Crippen LogP contribution in [0.5, 0.6) is 0 Å². The molecule has 1 rings (SSSR count). The van der Waals surface area contributed by atoms with Crippen LogP contribution in [0.3, 0.4) is 0 Å². The molecule has 0 N–H and O–H groups in total. The Morgan fingerprint density at radius 3 is 2.14 bits per heavy atom. The highest BCUT2D eigenvalue weighted by Gasteiger charge is 1.78. The molecule has 0 aliphatic rings. The molecule has 0 heteroatoms. The predicted octanol–water partition coefficient (Wildman–Crippen LogP) is 4.00. The molecule has 0 fully saturated rings. The SMILES string of the molecule is C=C/C=C/C=C/C=C/c1ccccc1. The van der Waals surface area contributed by atoms with Gasteiger partial charge in [0.2, 0.25) is 0 Å². The fourth-order valence-electron chi connectivity index (χ4n) is 1.00. The van der Waals surface area contributed by atoms with Crippen LogP contribution in [0.1, 0.15) is 5.56 Å². The molecule has 0 unspecified atom stereocenters. The summed E-state index contributed by atoms with van der Waals surface area (Å²) in [7, 11) is 0. The maximum atomic E-state index is 3.59. The Hall–Kier alpha value is -1.82. The first-order valence-corrected chi connectivity index (χ1v) is 4.61. The minimum Gasteiger partial charge on any atom is -0.0991 e. The molecule has 0 atom stereocenters. The van der Waals surface area contributed by atoms with Gasteiger partial charge in [0, 0.05) is 0 Å². The number of hydrogen-bond donors (Lipinski definition) is 0. The number of allylic oxidation sites excluding steroid dienone is 6. The third-order valence-electron chi connectivity index (χ3n) is 1.67. The maximum Gasteiger partial charge on any atom is -0.0257 e. The van der Waals surface area contributed by atoms with Crippen molar-refractivity contribution in [2.75, 3.05) is 0 Å². The van der Waals surface area contributed by atoms with Crippen molar-refractivity contribution in [2.45, 2.75) is 0 Å². The lowest BCUT2D eigenvalue weighted by Gasteiger charge is -1.87. The summed E-state index contributed by atoms with van der Waals surface area (Å²) in [6.07, 6.45) is 13.6. The first-order chi connectivity index (χ1) is 6.93. The number of hydrogen-bond acceptors (Lipinski definition) is 0. The molecule has 70 valence electrons. The van der Waals surface area contributed by atoms with E-state index in [1.807, 2.05) is 48.6 Å². The lowest BCUT2D eigenvalue weighted by atomic mass is 10.2. The molecule has 0 amide bonds. The molecule has 1 aromatic carbocycles. The molecule has 0 nitrogen and oxygen atoms in total. The number of benzene rings is 1. The van der Waals surface area contributed by atoms with Gasteiger partial charge in [0.15, 0.2) is 0 Å². The van der Waals surface area contributed by atoms with Crippen LogP contribution in [0.2, 0.25) is 0 Å². The van der Waals surface area contributed by atoms with Gasteiger partial charge < -0.3 is 0 Å². The Bertz CT molecular complexity index is 340. The summed E-state index contributed by atoms with van der Waals surface area (Å²) in [6.45, 7) is 3.59. The lowest BCUT2D eigenvalue weighted by Crippen LogP contribution is -1.66. The van der Waals surface area contributed by atoms with Crippen LogP contribution in [-0.4, -0.2) is 0 Å². The van der Waals surface area contributed by atoms with Crippen LogP contribution in [0, 0.1) is 0 Å². The summed E-state index contributed by atoms with van der Waals surface area (Å²) >= 11 is 0. The van der Waals surface area contributed by atoms with Crippen LogP contribution in [0.4, 0.5) is 0 Å². The molecular weight excluding hydrogens is 168 g/mol. The Morgan fingerprint density at radius 2 is 1.43 bits per heavy atom. The molecule has 0 bridgehead atoms. The average Bonchev–Trinajstić information content (AvgIpc) is 2.25. The predicted molar refractivity (Wildman–Crippen MR) is 64.0 cm³/mol. The second kappa shape index (κ2) is 6.67. The van der Waals surface area contributed by atoms with Crippen molar-refractivity contribution < 1.29 is 0 Å². The Kier molecular flexibility index (Phi) is 4.89. The largest absolute Gasteiger partial charge is 0.0991 e. The first-order valence-electron chi connectivity index (χ1n) is 4.61. The molecule has 0 aliphatic carbocycles. The highest BCUT2D eigenvalue weighted by molar-refractivity contribution is 5.50. The summed E-state index contributed by atoms with van der Waals surface area (Å²) in [6, 6.07) is 10.2. The highest BCUT2D eigenvalue weighted by Crippen LogP contribution is 2.00. The van der Waals surface area contributed by atoms with Crippen LogP contribution in [0.15, 0.2) is 73.4 Å². The molecule has 0 heterocycles. The van der Waals surface area contributed by atoms with Crippen LogP contribution < -0.4 is 0 Å². The maximum absolute atomic E-state index is 3.59. The third-order valence-corrected chi connectivity index (χ3v) is 1.67. The summed E-state index contributed by atoms with van der Waals surface area (Å²) in [5.41, 5.74) is 1.21. The molecule has 14 heavy (non-hydrogen) atoms. The van der Waals surface area contributed by atoms with Gasteiger partial charge in [0.1, 0.15) is 0 Å². The van der Waals surface area contributed by atoms with Crippen molar-refractivity contribution in [1.29, 1.82) is 0 Å². The summed E-state index contributed by atoms with van der Waals surface area (Å²) in [5.74, 6) is 0. The van der Waals surface area contributed by atoms with Gasteiger partial charge >= 0.3 is 0 Å².